The molecule has 1 aromatic carbocycles. The number of amides is 1. The molecule has 2 heterocycles. The molecule has 23 heavy (non-hydrogen) atoms. The summed E-state index contributed by atoms with van der Waals surface area (Å²) in [6.45, 7) is 2.97. The van der Waals surface area contributed by atoms with Crippen LogP contribution in [0.2, 0.25) is 0 Å². The van der Waals surface area contributed by atoms with E-state index in [0.29, 0.717) is 5.56 Å². The highest BCUT2D eigenvalue weighted by Crippen LogP contribution is 2.11. The first-order chi connectivity index (χ1) is 11.3. The van der Waals surface area contributed by atoms with E-state index >= 15 is 0 Å². The Morgan fingerprint density at radius 1 is 1.17 bits per heavy atom. The fourth-order valence-corrected chi connectivity index (χ4v) is 2.90. The second kappa shape index (κ2) is 7.88. The van der Waals surface area contributed by atoms with Crippen LogP contribution in [-0.2, 0) is 6.42 Å². The molecule has 1 unspecified atom stereocenters. The van der Waals surface area contributed by atoms with Gasteiger partial charge in [-0.3, -0.25) is 9.78 Å². The quantitative estimate of drug-likeness (QED) is 0.922. The lowest BCUT2D eigenvalue weighted by atomic mass is 10.0. The summed E-state index contributed by atoms with van der Waals surface area (Å²) in [5, 5.41) is 3.10. The van der Waals surface area contributed by atoms with Gasteiger partial charge in [0.2, 0.25) is 0 Å². The minimum Gasteiger partial charge on any atom is -0.348 e. The molecule has 4 heteroatoms. The van der Waals surface area contributed by atoms with E-state index in [9.17, 15) is 4.79 Å². The first-order valence-electron chi connectivity index (χ1n) is 8.12. The average Bonchev–Trinajstić information content (AvgIpc) is 2.62. The Bertz CT molecular complexity index is 615. The number of rotatable bonds is 5. The van der Waals surface area contributed by atoms with Crippen molar-refractivity contribution >= 4 is 5.91 Å². The van der Waals surface area contributed by atoms with Crippen LogP contribution in [0.4, 0.5) is 0 Å². The maximum Gasteiger partial charge on any atom is 0.251 e. The maximum absolute atomic E-state index is 12.2. The summed E-state index contributed by atoms with van der Waals surface area (Å²) < 4.78 is 0. The van der Waals surface area contributed by atoms with Crippen molar-refractivity contribution in [3.05, 3.63) is 72.4 Å². The van der Waals surface area contributed by atoms with Crippen molar-refractivity contribution in [1.29, 1.82) is 0 Å². The highest BCUT2D eigenvalue weighted by atomic mass is 16.1. The number of likely N-dealkylation sites (tertiary alicyclic amines) is 1. The van der Waals surface area contributed by atoms with Crippen molar-refractivity contribution < 1.29 is 4.79 Å². The molecule has 1 saturated heterocycles. The van der Waals surface area contributed by atoms with Gasteiger partial charge in [0, 0.05) is 37.1 Å². The maximum atomic E-state index is 12.2. The van der Waals surface area contributed by atoms with Crippen LogP contribution in [0.1, 0.15) is 22.3 Å². The number of benzene rings is 1. The molecule has 1 N–H and O–H groups in total. The third-order valence-corrected chi connectivity index (χ3v) is 4.17. The molecule has 4 nitrogen and oxygen atoms in total. The third-order valence-electron chi connectivity index (χ3n) is 4.17. The van der Waals surface area contributed by atoms with Gasteiger partial charge in [0.15, 0.2) is 0 Å². The van der Waals surface area contributed by atoms with Gasteiger partial charge in [-0.05, 0) is 43.5 Å². The van der Waals surface area contributed by atoms with Crippen LogP contribution in [0.5, 0.6) is 0 Å². The molecule has 1 aliphatic rings. The molecule has 0 aliphatic carbocycles. The fourth-order valence-electron chi connectivity index (χ4n) is 2.90. The fraction of sp³-hybridized carbons (Fsp3) is 0.316. The summed E-state index contributed by atoms with van der Waals surface area (Å²) in [4.78, 5) is 18.6. The van der Waals surface area contributed by atoms with Crippen LogP contribution >= 0.6 is 0 Å². The monoisotopic (exact) mass is 308 g/mol. The van der Waals surface area contributed by atoms with E-state index in [4.69, 9.17) is 0 Å². The number of nitrogens with one attached hydrogen (secondary N) is 1. The Labute approximate surface area is 137 Å². The third kappa shape index (κ3) is 4.63. The average molecular weight is 308 g/mol. The van der Waals surface area contributed by atoms with Crippen molar-refractivity contribution in [3.63, 3.8) is 0 Å². The summed E-state index contributed by atoms with van der Waals surface area (Å²) in [7, 11) is 0. The Morgan fingerprint density at radius 2 is 1.96 bits per heavy atom. The molecule has 1 amide bonds. The van der Waals surface area contributed by atoms with Gasteiger partial charge in [-0.2, -0.15) is 0 Å². The van der Waals surface area contributed by atoms with Gasteiger partial charge in [0.25, 0.3) is 5.91 Å². The summed E-state index contributed by atoms with van der Waals surface area (Å²) in [6, 6.07) is 14.1. The molecule has 119 valence electrons. The predicted octanol–water partition coefficient (Wildman–Crippen LogP) is 2.33. The van der Waals surface area contributed by atoms with Gasteiger partial charge < -0.3 is 10.2 Å². The van der Waals surface area contributed by atoms with Crippen molar-refractivity contribution in [1.82, 2.24) is 15.2 Å². The van der Waals surface area contributed by atoms with Crippen LogP contribution in [0, 0.1) is 6.42 Å². The molecular formula is C19H22N3O. The van der Waals surface area contributed by atoms with Gasteiger partial charge >= 0.3 is 0 Å². The lowest BCUT2D eigenvalue weighted by molar-refractivity contribution is 0.0923. The Hall–Kier alpha value is -2.20. The summed E-state index contributed by atoms with van der Waals surface area (Å²) in [5.41, 5.74) is 2.02. The number of aromatic nitrogens is 1. The molecule has 3 rings (SSSR count). The van der Waals surface area contributed by atoms with E-state index in [1.165, 1.54) is 5.56 Å². The number of hydrogen-bond acceptors (Lipinski definition) is 3. The number of carbonyl (C=O) groups excluding carboxylic acids is 1. The molecular weight excluding hydrogens is 286 g/mol. The van der Waals surface area contributed by atoms with Crippen LogP contribution in [-0.4, -0.2) is 41.5 Å². The topological polar surface area (TPSA) is 45.2 Å². The summed E-state index contributed by atoms with van der Waals surface area (Å²) in [5.74, 6) is -0.0291. The number of pyridine rings is 1. The standard InChI is InChI=1S/C19H22N3O/c23-19(17-8-11-20-12-9-17)21-18-7-4-13-22(15-18)14-10-16-5-2-1-3-6-16/h1-3,5-9,11-12,18H,4,10,13-15H2,(H,21,23). The number of hydrogen-bond donors (Lipinski definition) is 1. The Kier molecular flexibility index (Phi) is 5.37. The Balaban J connectivity index is 1.49. The van der Waals surface area contributed by atoms with Crippen molar-refractivity contribution in [2.75, 3.05) is 19.6 Å². The van der Waals surface area contributed by atoms with Gasteiger partial charge in [-0.25, -0.2) is 0 Å². The largest absolute Gasteiger partial charge is 0.348 e. The van der Waals surface area contributed by atoms with Gasteiger partial charge in [-0.15, -0.1) is 0 Å². The lowest BCUT2D eigenvalue weighted by Gasteiger charge is -2.33. The molecule has 1 atom stereocenters. The summed E-state index contributed by atoms with van der Waals surface area (Å²) in [6.07, 6.45) is 7.55. The SMILES string of the molecule is O=C(NC1[CH]CCN(CCc2ccccc2)C1)c1ccncc1. The second-order valence-electron chi connectivity index (χ2n) is 5.88. The van der Waals surface area contributed by atoms with Crippen molar-refractivity contribution in [2.24, 2.45) is 0 Å². The van der Waals surface area contributed by atoms with E-state index in [0.717, 1.165) is 32.5 Å². The van der Waals surface area contributed by atoms with Crippen LogP contribution in [0.3, 0.4) is 0 Å². The number of piperidine rings is 1. The van der Waals surface area contributed by atoms with E-state index < -0.39 is 0 Å². The zero-order chi connectivity index (χ0) is 15.9. The van der Waals surface area contributed by atoms with Crippen LogP contribution in [0.25, 0.3) is 0 Å². The summed E-state index contributed by atoms with van der Waals surface area (Å²) >= 11 is 0. The van der Waals surface area contributed by atoms with E-state index in [1.54, 1.807) is 24.5 Å². The van der Waals surface area contributed by atoms with E-state index in [1.807, 2.05) is 6.07 Å². The minimum absolute atomic E-state index is 0.0291. The molecule has 1 aromatic heterocycles. The van der Waals surface area contributed by atoms with E-state index in [2.05, 4.69) is 45.9 Å². The van der Waals surface area contributed by atoms with E-state index in [-0.39, 0.29) is 11.9 Å². The van der Waals surface area contributed by atoms with Gasteiger partial charge in [-0.1, -0.05) is 30.3 Å². The molecule has 1 fully saturated rings. The highest BCUT2D eigenvalue weighted by molar-refractivity contribution is 5.94. The first-order valence-corrected chi connectivity index (χ1v) is 8.12. The molecule has 0 saturated carbocycles. The van der Waals surface area contributed by atoms with Gasteiger partial charge in [0.05, 0.1) is 0 Å². The molecule has 2 aromatic rings. The predicted molar refractivity (Wildman–Crippen MR) is 91.0 cm³/mol. The number of carbonyl (C=O) groups is 1. The smallest absolute Gasteiger partial charge is 0.251 e. The molecule has 0 bridgehead atoms. The molecule has 1 aliphatic heterocycles. The first kappa shape index (κ1) is 15.7. The minimum atomic E-state index is -0.0291. The van der Waals surface area contributed by atoms with Crippen LogP contribution < -0.4 is 5.32 Å². The van der Waals surface area contributed by atoms with Crippen molar-refractivity contribution in [2.45, 2.75) is 18.9 Å². The highest BCUT2D eigenvalue weighted by Gasteiger charge is 2.21. The zero-order valence-corrected chi connectivity index (χ0v) is 13.2. The number of nitrogens with zero attached hydrogens (tertiary/aromatic N) is 2. The zero-order valence-electron chi connectivity index (χ0n) is 13.2. The lowest BCUT2D eigenvalue weighted by Crippen LogP contribution is -2.48. The molecule has 1 radical (unpaired) electrons. The van der Waals surface area contributed by atoms with Crippen molar-refractivity contribution in [3.8, 4) is 0 Å². The van der Waals surface area contributed by atoms with Gasteiger partial charge in [0.1, 0.15) is 0 Å². The van der Waals surface area contributed by atoms with Crippen LogP contribution in [0.15, 0.2) is 54.9 Å². The molecule has 0 spiro atoms. The Morgan fingerprint density at radius 3 is 2.74 bits per heavy atom. The second-order valence-corrected chi connectivity index (χ2v) is 5.88. The normalized spacial score (nSPS) is 18.5.